The van der Waals surface area contributed by atoms with Crippen LogP contribution in [-0.4, -0.2) is 33.5 Å². The van der Waals surface area contributed by atoms with Gasteiger partial charge in [0.15, 0.2) is 0 Å². The van der Waals surface area contributed by atoms with Gasteiger partial charge in [0.1, 0.15) is 0 Å². The van der Waals surface area contributed by atoms with E-state index in [-0.39, 0.29) is 24.7 Å². The van der Waals surface area contributed by atoms with Crippen LogP contribution in [0.15, 0.2) is 24.3 Å². The number of amides is 2. The molecule has 0 unspecified atom stereocenters. The number of aromatic amines is 1. The van der Waals surface area contributed by atoms with E-state index < -0.39 is 0 Å². The number of nitrogens with zero attached hydrogens (tertiary/aromatic N) is 2. The quantitative estimate of drug-likeness (QED) is 0.820. The lowest BCUT2D eigenvalue weighted by atomic mass is 10.0. The third-order valence-corrected chi connectivity index (χ3v) is 5.13. The highest BCUT2D eigenvalue weighted by molar-refractivity contribution is 5.94. The van der Waals surface area contributed by atoms with Crippen molar-refractivity contribution in [2.24, 2.45) is 0 Å². The summed E-state index contributed by atoms with van der Waals surface area (Å²) in [6.07, 6.45) is 2.07. The summed E-state index contributed by atoms with van der Waals surface area (Å²) in [6, 6.07) is 7.81. The number of aryl methyl sites for hydroxylation is 1. The van der Waals surface area contributed by atoms with Crippen LogP contribution in [-0.2, 0) is 29.0 Å². The summed E-state index contributed by atoms with van der Waals surface area (Å²) in [6.45, 7) is 7.52. The predicted octanol–water partition coefficient (Wildman–Crippen LogP) is 3.40. The van der Waals surface area contributed by atoms with E-state index in [1.165, 1.54) is 0 Å². The Kier molecular flexibility index (Phi) is 5.94. The lowest BCUT2D eigenvalue weighted by Gasteiger charge is -2.27. The number of benzene rings is 1. The molecule has 0 fully saturated rings. The van der Waals surface area contributed by atoms with Gasteiger partial charge in [0.2, 0.25) is 11.8 Å². The third kappa shape index (κ3) is 4.38. The normalized spacial score (nSPS) is 13.6. The van der Waals surface area contributed by atoms with E-state index in [0.717, 1.165) is 41.0 Å². The van der Waals surface area contributed by atoms with Crippen molar-refractivity contribution in [2.75, 3.05) is 11.9 Å². The second kappa shape index (κ2) is 8.37. The van der Waals surface area contributed by atoms with Crippen molar-refractivity contribution in [3.05, 3.63) is 46.8 Å². The number of aromatic nitrogens is 2. The van der Waals surface area contributed by atoms with E-state index in [2.05, 4.69) is 36.3 Å². The highest BCUT2D eigenvalue weighted by atomic mass is 16.2. The minimum atomic E-state index is -0.119. The largest absolute Gasteiger partial charge is 0.338 e. The zero-order chi connectivity index (χ0) is 19.4. The number of carbonyl (C=O) groups is 2. The Labute approximate surface area is 160 Å². The Bertz CT molecular complexity index is 812. The van der Waals surface area contributed by atoms with E-state index in [1.807, 2.05) is 29.2 Å². The van der Waals surface area contributed by atoms with Crippen molar-refractivity contribution in [1.29, 1.82) is 0 Å². The standard InChI is InChI=1S/C21H28N4O2/c1-4-17-16-13-25(12-11-19(16)24-23-17)21(27)10-9-20(26)22-18-8-6-5-7-15(18)14(2)3/h5-8,14H,4,9-13H2,1-3H3,(H,22,26)(H,23,24). The van der Waals surface area contributed by atoms with Crippen LogP contribution >= 0.6 is 0 Å². The van der Waals surface area contributed by atoms with Crippen molar-refractivity contribution in [3.8, 4) is 0 Å². The molecule has 27 heavy (non-hydrogen) atoms. The fourth-order valence-electron chi connectivity index (χ4n) is 3.57. The summed E-state index contributed by atoms with van der Waals surface area (Å²) in [5.41, 5.74) is 5.25. The lowest BCUT2D eigenvalue weighted by Crippen LogP contribution is -2.36. The summed E-state index contributed by atoms with van der Waals surface area (Å²) in [4.78, 5) is 26.8. The Morgan fingerprint density at radius 1 is 1.26 bits per heavy atom. The molecule has 2 aromatic rings. The fraction of sp³-hybridized carbons (Fsp3) is 0.476. The first kappa shape index (κ1) is 19.1. The molecule has 2 N–H and O–H groups in total. The molecule has 0 spiro atoms. The average molecular weight is 368 g/mol. The number of rotatable bonds is 6. The summed E-state index contributed by atoms with van der Waals surface area (Å²) in [5, 5.41) is 10.4. The molecule has 0 aliphatic carbocycles. The number of fused-ring (bicyclic) bond motifs is 1. The van der Waals surface area contributed by atoms with Gasteiger partial charge in [0.25, 0.3) is 0 Å². The number of carbonyl (C=O) groups excluding carboxylic acids is 2. The molecule has 144 valence electrons. The number of para-hydroxylation sites is 1. The summed E-state index contributed by atoms with van der Waals surface area (Å²) in [5.74, 6) is 0.233. The van der Waals surface area contributed by atoms with Gasteiger partial charge in [0, 0.05) is 49.3 Å². The first-order chi connectivity index (χ1) is 13.0. The minimum Gasteiger partial charge on any atom is -0.338 e. The summed E-state index contributed by atoms with van der Waals surface area (Å²) in [7, 11) is 0. The Morgan fingerprint density at radius 3 is 2.78 bits per heavy atom. The second-order valence-electron chi connectivity index (χ2n) is 7.34. The monoisotopic (exact) mass is 368 g/mol. The number of nitrogens with one attached hydrogen (secondary N) is 2. The van der Waals surface area contributed by atoms with Crippen LogP contribution in [0.4, 0.5) is 5.69 Å². The molecule has 1 aromatic carbocycles. The average Bonchev–Trinajstić information content (AvgIpc) is 3.08. The van der Waals surface area contributed by atoms with Gasteiger partial charge < -0.3 is 10.2 Å². The van der Waals surface area contributed by atoms with Crippen LogP contribution in [0.25, 0.3) is 0 Å². The second-order valence-corrected chi connectivity index (χ2v) is 7.34. The number of hydrogen-bond acceptors (Lipinski definition) is 3. The van der Waals surface area contributed by atoms with Crippen LogP contribution in [0.2, 0.25) is 0 Å². The molecule has 2 amide bonds. The minimum absolute atomic E-state index is 0.0243. The van der Waals surface area contributed by atoms with Crippen molar-refractivity contribution in [1.82, 2.24) is 15.1 Å². The highest BCUT2D eigenvalue weighted by Crippen LogP contribution is 2.24. The van der Waals surface area contributed by atoms with Gasteiger partial charge in [-0.15, -0.1) is 0 Å². The number of hydrogen-bond donors (Lipinski definition) is 2. The predicted molar refractivity (Wildman–Crippen MR) is 105 cm³/mol. The first-order valence-electron chi connectivity index (χ1n) is 9.71. The first-order valence-corrected chi connectivity index (χ1v) is 9.71. The van der Waals surface area contributed by atoms with Gasteiger partial charge >= 0.3 is 0 Å². The molecule has 6 nitrogen and oxygen atoms in total. The molecule has 0 atom stereocenters. The maximum atomic E-state index is 12.6. The maximum Gasteiger partial charge on any atom is 0.224 e. The van der Waals surface area contributed by atoms with Crippen LogP contribution in [0.5, 0.6) is 0 Å². The van der Waals surface area contributed by atoms with Crippen LogP contribution in [0.1, 0.15) is 62.0 Å². The lowest BCUT2D eigenvalue weighted by molar-refractivity contribution is -0.133. The fourth-order valence-corrected chi connectivity index (χ4v) is 3.57. The van der Waals surface area contributed by atoms with E-state index in [4.69, 9.17) is 0 Å². The summed E-state index contributed by atoms with van der Waals surface area (Å²) < 4.78 is 0. The van der Waals surface area contributed by atoms with Crippen molar-refractivity contribution in [2.45, 2.75) is 58.9 Å². The molecular weight excluding hydrogens is 340 g/mol. The Hall–Kier alpha value is -2.63. The molecule has 1 aliphatic rings. The molecule has 0 saturated carbocycles. The molecule has 0 saturated heterocycles. The van der Waals surface area contributed by atoms with Crippen molar-refractivity contribution in [3.63, 3.8) is 0 Å². The molecule has 0 bridgehead atoms. The molecular formula is C21H28N4O2. The number of H-pyrrole nitrogens is 1. The Morgan fingerprint density at radius 2 is 2.04 bits per heavy atom. The number of anilines is 1. The SMILES string of the molecule is CCc1n[nH]c2c1CN(C(=O)CCC(=O)Nc1ccccc1C(C)C)CC2. The molecule has 2 heterocycles. The molecule has 0 radical (unpaired) electrons. The zero-order valence-electron chi connectivity index (χ0n) is 16.3. The third-order valence-electron chi connectivity index (χ3n) is 5.13. The van der Waals surface area contributed by atoms with E-state index in [1.54, 1.807) is 0 Å². The highest BCUT2D eigenvalue weighted by Gasteiger charge is 2.24. The molecule has 6 heteroatoms. The van der Waals surface area contributed by atoms with E-state index >= 15 is 0 Å². The zero-order valence-corrected chi connectivity index (χ0v) is 16.3. The van der Waals surface area contributed by atoms with Crippen LogP contribution in [0, 0.1) is 0 Å². The molecule has 3 rings (SSSR count). The van der Waals surface area contributed by atoms with Gasteiger partial charge in [-0.1, -0.05) is 39.0 Å². The van der Waals surface area contributed by atoms with E-state index in [0.29, 0.717) is 19.0 Å². The maximum absolute atomic E-state index is 12.6. The van der Waals surface area contributed by atoms with Gasteiger partial charge in [-0.3, -0.25) is 14.7 Å². The molecule has 1 aliphatic heterocycles. The topological polar surface area (TPSA) is 78.1 Å². The van der Waals surface area contributed by atoms with E-state index in [9.17, 15) is 9.59 Å². The van der Waals surface area contributed by atoms with Crippen LogP contribution in [0.3, 0.4) is 0 Å². The van der Waals surface area contributed by atoms with Gasteiger partial charge in [0.05, 0.1) is 5.69 Å². The molecule has 1 aromatic heterocycles. The van der Waals surface area contributed by atoms with Crippen molar-refractivity contribution < 1.29 is 9.59 Å². The Balaban J connectivity index is 1.54. The van der Waals surface area contributed by atoms with Gasteiger partial charge in [-0.2, -0.15) is 5.10 Å². The van der Waals surface area contributed by atoms with Gasteiger partial charge in [-0.05, 0) is 24.0 Å². The van der Waals surface area contributed by atoms with Crippen molar-refractivity contribution >= 4 is 17.5 Å². The van der Waals surface area contributed by atoms with Crippen LogP contribution < -0.4 is 5.32 Å². The smallest absolute Gasteiger partial charge is 0.224 e. The van der Waals surface area contributed by atoms with Gasteiger partial charge in [-0.25, -0.2) is 0 Å². The summed E-state index contributed by atoms with van der Waals surface area (Å²) >= 11 is 0.